The van der Waals surface area contributed by atoms with Gasteiger partial charge in [-0.1, -0.05) is 23.7 Å². The Kier molecular flexibility index (Phi) is 5.49. The molecule has 0 unspecified atom stereocenters. The average molecular weight is 319 g/mol. The van der Waals surface area contributed by atoms with Gasteiger partial charge in [0.05, 0.1) is 6.04 Å². The second kappa shape index (κ2) is 7.58. The van der Waals surface area contributed by atoms with Crippen LogP contribution in [0.3, 0.4) is 0 Å². The fourth-order valence-electron chi connectivity index (χ4n) is 3.94. The maximum absolute atomic E-state index is 5.52. The summed E-state index contributed by atoms with van der Waals surface area (Å²) in [6.07, 6.45) is 7.00. The number of nitrogens with one attached hydrogen (secondary N) is 1. The van der Waals surface area contributed by atoms with Crippen LogP contribution < -0.4 is 5.32 Å². The molecule has 5 nitrogen and oxygen atoms in total. The molecular weight excluding hydrogens is 290 g/mol. The van der Waals surface area contributed by atoms with Gasteiger partial charge in [0.2, 0.25) is 5.89 Å². The van der Waals surface area contributed by atoms with E-state index in [-0.39, 0.29) is 6.04 Å². The third-order valence-electron chi connectivity index (χ3n) is 5.46. The van der Waals surface area contributed by atoms with Crippen LogP contribution in [-0.2, 0) is 4.74 Å². The first-order valence-electron chi connectivity index (χ1n) is 8.93. The van der Waals surface area contributed by atoms with Gasteiger partial charge in [-0.3, -0.25) is 0 Å². The van der Waals surface area contributed by atoms with Crippen LogP contribution in [0.2, 0.25) is 0 Å². The van der Waals surface area contributed by atoms with Crippen molar-refractivity contribution in [1.82, 2.24) is 15.5 Å². The molecule has 1 saturated heterocycles. The Bertz CT molecular complexity index is 534. The van der Waals surface area contributed by atoms with Gasteiger partial charge in [0, 0.05) is 19.8 Å². The Balaban J connectivity index is 1.70. The van der Waals surface area contributed by atoms with Gasteiger partial charge in [-0.05, 0) is 57.3 Å². The first-order chi connectivity index (χ1) is 11.1. The highest BCUT2D eigenvalue weighted by Crippen LogP contribution is 2.33. The lowest BCUT2D eigenvalue weighted by atomic mass is 9.79. The Labute approximate surface area is 138 Å². The summed E-state index contributed by atoms with van der Waals surface area (Å²) in [4.78, 5) is 4.49. The number of ether oxygens (including phenoxy) is 1. The standard InChI is InChI=1S/C18H29N3O2/c1-12-5-4-6-13(2)16(12)11-19-17(15-7-9-22-10-8-15)18-20-14(3)21-23-18/h5,13,15-17,19H,4,6-11H2,1-3H3/t13-,16-,17+/m0/s1. The van der Waals surface area contributed by atoms with Crippen LogP contribution in [0.15, 0.2) is 16.2 Å². The zero-order chi connectivity index (χ0) is 16.2. The van der Waals surface area contributed by atoms with Crippen molar-refractivity contribution in [2.75, 3.05) is 19.8 Å². The van der Waals surface area contributed by atoms with Gasteiger partial charge in [0.15, 0.2) is 5.82 Å². The summed E-state index contributed by atoms with van der Waals surface area (Å²) in [6.45, 7) is 9.14. The van der Waals surface area contributed by atoms with Gasteiger partial charge in [-0.2, -0.15) is 4.98 Å². The van der Waals surface area contributed by atoms with E-state index in [4.69, 9.17) is 9.26 Å². The Morgan fingerprint density at radius 2 is 2.04 bits per heavy atom. The maximum atomic E-state index is 5.52. The summed E-state index contributed by atoms with van der Waals surface area (Å²) in [5.74, 6) is 3.29. The van der Waals surface area contributed by atoms with Crippen LogP contribution >= 0.6 is 0 Å². The minimum atomic E-state index is 0.141. The lowest BCUT2D eigenvalue weighted by molar-refractivity contribution is 0.0479. The molecule has 1 aromatic heterocycles. The maximum Gasteiger partial charge on any atom is 0.244 e. The molecule has 0 aromatic carbocycles. The van der Waals surface area contributed by atoms with Crippen molar-refractivity contribution in [2.24, 2.45) is 17.8 Å². The van der Waals surface area contributed by atoms with Crippen molar-refractivity contribution < 1.29 is 9.26 Å². The molecule has 0 radical (unpaired) electrons. The van der Waals surface area contributed by atoms with E-state index >= 15 is 0 Å². The van der Waals surface area contributed by atoms with Crippen LogP contribution in [0, 0.1) is 24.7 Å². The third-order valence-corrected chi connectivity index (χ3v) is 5.46. The monoisotopic (exact) mass is 319 g/mol. The number of nitrogens with zero attached hydrogens (tertiary/aromatic N) is 2. The van der Waals surface area contributed by atoms with E-state index in [9.17, 15) is 0 Å². The predicted octanol–water partition coefficient (Wildman–Crippen LogP) is 3.43. The summed E-state index contributed by atoms with van der Waals surface area (Å²) in [5, 5.41) is 7.75. The zero-order valence-corrected chi connectivity index (χ0v) is 14.5. The molecule has 5 heteroatoms. The number of aryl methyl sites for hydroxylation is 1. The highest BCUT2D eigenvalue weighted by molar-refractivity contribution is 5.10. The summed E-state index contributed by atoms with van der Waals surface area (Å²) >= 11 is 0. The Hall–Kier alpha value is -1.20. The number of hydrogen-bond donors (Lipinski definition) is 1. The molecule has 128 valence electrons. The summed E-state index contributed by atoms with van der Waals surface area (Å²) in [7, 11) is 0. The van der Waals surface area contributed by atoms with E-state index in [1.165, 1.54) is 18.4 Å². The molecule has 1 fully saturated rings. The second-order valence-electron chi connectivity index (χ2n) is 7.12. The predicted molar refractivity (Wildman–Crippen MR) is 89.0 cm³/mol. The lowest BCUT2D eigenvalue weighted by Gasteiger charge is -2.33. The lowest BCUT2D eigenvalue weighted by Crippen LogP contribution is -2.37. The smallest absolute Gasteiger partial charge is 0.244 e. The van der Waals surface area contributed by atoms with Crippen LogP contribution in [0.5, 0.6) is 0 Å². The molecule has 0 spiro atoms. The highest BCUT2D eigenvalue weighted by Gasteiger charge is 2.31. The first-order valence-corrected chi connectivity index (χ1v) is 8.93. The molecule has 1 N–H and O–H groups in total. The molecule has 0 bridgehead atoms. The van der Waals surface area contributed by atoms with Gasteiger partial charge in [0.25, 0.3) is 0 Å². The second-order valence-corrected chi connectivity index (χ2v) is 7.12. The zero-order valence-electron chi connectivity index (χ0n) is 14.5. The van der Waals surface area contributed by atoms with Crippen molar-refractivity contribution >= 4 is 0 Å². The largest absolute Gasteiger partial charge is 0.381 e. The van der Waals surface area contributed by atoms with Crippen molar-refractivity contribution in [2.45, 2.75) is 52.5 Å². The molecular formula is C18H29N3O2. The highest BCUT2D eigenvalue weighted by atomic mass is 16.5. The number of rotatable bonds is 5. The molecule has 2 aliphatic rings. The van der Waals surface area contributed by atoms with Gasteiger partial charge in [0.1, 0.15) is 0 Å². The quantitative estimate of drug-likeness (QED) is 0.843. The van der Waals surface area contributed by atoms with Crippen LogP contribution in [0.1, 0.15) is 57.3 Å². The van der Waals surface area contributed by atoms with Crippen molar-refractivity contribution in [1.29, 1.82) is 0 Å². The Morgan fingerprint density at radius 1 is 1.26 bits per heavy atom. The van der Waals surface area contributed by atoms with Gasteiger partial charge < -0.3 is 14.6 Å². The number of hydrogen-bond acceptors (Lipinski definition) is 5. The van der Waals surface area contributed by atoms with Gasteiger partial charge in [-0.25, -0.2) is 0 Å². The van der Waals surface area contributed by atoms with E-state index in [0.29, 0.717) is 17.7 Å². The molecule has 0 saturated carbocycles. The summed E-state index contributed by atoms with van der Waals surface area (Å²) in [5.41, 5.74) is 1.52. The molecule has 1 aliphatic carbocycles. The molecule has 3 rings (SSSR count). The molecule has 2 heterocycles. The Morgan fingerprint density at radius 3 is 2.70 bits per heavy atom. The third kappa shape index (κ3) is 4.01. The van der Waals surface area contributed by atoms with Crippen molar-refractivity contribution in [3.8, 4) is 0 Å². The van der Waals surface area contributed by atoms with E-state index in [2.05, 4.69) is 35.4 Å². The molecule has 0 amide bonds. The van der Waals surface area contributed by atoms with Crippen LogP contribution in [0.25, 0.3) is 0 Å². The van der Waals surface area contributed by atoms with E-state index in [1.807, 2.05) is 6.92 Å². The molecule has 1 aliphatic heterocycles. The summed E-state index contributed by atoms with van der Waals surface area (Å²) in [6, 6.07) is 0.141. The van der Waals surface area contributed by atoms with Crippen LogP contribution in [0.4, 0.5) is 0 Å². The van der Waals surface area contributed by atoms with Crippen LogP contribution in [-0.4, -0.2) is 29.9 Å². The van der Waals surface area contributed by atoms with Gasteiger partial charge >= 0.3 is 0 Å². The summed E-state index contributed by atoms with van der Waals surface area (Å²) < 4.78 is 11.0. The number of aromatic nitrogens is 2. The SMILES string of the molecule is CC1=CCC[C@H](C)[C@H]1CN[C@@H](c1nc(C)no1)C1CCOCC1. The topological polar surface area (TPSA) is 60.2 Å². The van der Waals surface area contributed by atoms with E-state index < -0.39 is 0 Å². The number of allylic oxidation sites excluding steroid dienone is 1. The fourth-order valence-corrected chi connectivity index (χ4v) is 3.94. The van der Waals surface area contributed by atoms with Crippen molar-refractivity contribution in [3.63, 3.8) is 0 Å². The molecule has 23 heavy (non-hydrogen) atoms. The first kappa shape index (κ1) is 16.7. The molecule has 1 aromatic rings. The van der Waals surface area contributed by atoms with Crippen molar-refractivity contribution in [3.05, 3.63) is 23.4 Å². The van der Waals surface area contributed by atoms with E-state index in [1.54, 1.807) is 0 Å². The normalized spacial score (nSPS) is 27.7. The molecule has 3 atom stereocenters. The minimum Gasteiger partial charge on any atom is -0.381 e. The fraction of sp³-hybridized carbons (Fsp3) is 0.778. The minimum absolute atomic E-state index is 0.141. The van der Waals surface area contributed by atoms with E-state index in [0.717, 1.165) is 44.4 Å². The van der Waals surface area contributed by atoms with Gasteiger partial charge in [-0.15, -0.1) is 0 Å². The average Bonchev–Trinajstić information content (AvgIpc) is 2.97.